The molecule has 5 rings (SSSR count). The van der Waals surface area contributed by atoms with Crippen LogP contribution in [-0.4, -0.2) is 85.3 Å². The molecule has 0 radical (unpaired) electrons. The van der Waals surface area contributed by atoms with E-state index < -0.39 is 23.8 Å². The van der Waals surface area contributed by atoms with Crippen LogP contribution in [-0.2, 0) is 17.7 Å². The first kappa shape index (κ1) is 25.8. The number of nitrogens with zero attached hydrogens (tertiary/aromatic N) is 5. The van der Waals surface area contributed by atoms with Gasteiger partial charge in [0.2, 0.25) is 5.95 Å². The number of anilines is 2. The molecule has 0 saturated carbocycles. The van der Waals surface area contributed by atoms with Gasteiger partial charge >= 0.3 is 6.18 Å². The van der Waals surface area contributed by atoms with Gasteiger partial charge in [0.25, 0.3) is 5.56 Å². The average molecular weight is 522 g/mol. The second-order valence-corrected chi connectivity index (χ2v) is 10.7. The Labute approximate surface area is 214 Å². The van der Waals surface area contributed by atoms with Crippen LogP contribution in [0.1, 0.15) is 25.3 Å². The molecule has 2 saturated heterocycles. The first-order valence-electron chi connectivity index (χ1n) is 12.8. The van der Waals surface area contributed by atoms with Gasteiger partial charge in [-0.05, 0) is 58.0 Å². The number of halogens is 3. The molecule has 2 aromatic rings. The zero-order valence-electron chi connectivity index (χ0n) is 21.5. The van der Waals surface area contributed by atoms with Crippen LogP contribution in [0.15, 0.2) is 35.1 Å². The Hall–Kier alpha value is -2.79. The molecule has 4 heterocycles. The first-order chi connectivity index (χ1) is 17.5. The zero-order valence-corrected chi connectivity index (χ0v) is 21.5. The van der Waals surface area contributed by atoms with E-state index in [4.69, 9.17) is 9.47 Å². The number of rotatable bonds is 8. The number of aromatic nitrogens is 2. The van der Waals surface area contributed by atoms with E-state index in [0.29, 0.717) is 31.9 Å². The SMILES string of the molecule is CN(C)CCOc1ccc(CCN2c3nc(N4CC5CCC(C4)O5)cc(=O)n3CC2(C)C(F)(F)F)cc1. The molecule has 3 atom stereocenters. The van der Waals surface area contributed by atoms with Gasteiger partial charge in [-0.15, -0.1) is 0 Å². The lowest BCUT2D eigenvalue weighted by Crippen LogP contribution is -2.56. The molecule has 0 N–H and O–H groups in total. The summed E-state index contributed by atoms with van der Waals surface area (Å²) in [5.74, 6) is 1.21. The molecule has 8 nitrogen and oxygen atoms in total. The molecular formula is C26H34F3N5O3. The van der Waals surface area contributed by atoms with Gasteiger partial charge in [0.05, 0.1) is 18.8 Å². The van der Waals surface area contributed by atoms with E-state index in [0.717, 1.165) is 42.2 Å². The topological polar surface area (TPSA) is 63.1 Å². The van der Waals surface area contributed by atoms with Crippen molar-refractivity contribution < 1.29 is 22.6 Å². The third-order valence-corrected chi connectivity index (χ3v) is 7.61. The molecule has 202 valence electrons. The lowest BCUT2D eigenvalue weighted by atomic mass is 10.00. The summed E-state index contributed by atoms with van der Waals surface area (Å²) in [6.07, 6.45) is -2.14. The van der Waals surface area contributed by atoms with Crippen molar-refractivity contribution in [2.45, 2.75) is 56.7 Å². The smallest absolute Gasteiger partial charge is 0.413 e. The highest BCUT2D eigenvalue weighted by atomic mass is 19.4. The molecule has 37 heavy (non-hydrogen) atoms. The highest BCUT2D eigenvalue weighted by Gasteiger charge is 2.59. The molecule has 3 aliphatic heterocycles. The maximum absolute atomic E-state index is 14.4. The average Bonchev–Trinajstić information content (AvgIpc) is 3.34. The van der Waals surface area contributed by atoms with Crippen LogP contribution in [0, 0.1) is 0 Å². The van der Waals surface area contributed by atoms with E-state index >= 15 is 0 Å². The summed E-state index contributed by atoms with van der Waals surface area (Å²) in [5, 5.41) is 0. The Morgan fingerprint density at radius 1 is 1.16 bits per heavy atom. The maximum atomic E-state index is 14.4. The van der Waals surface area contributed by atoms with Crippen molar-refractivity contribution >= 4 is 11.8 Å². The summed E-state index contributed by atoms with van der Waals surface area (Å²) >= 11 is 0. The standard InChI is InChI=1S/C26H34F3N5O3/c1-25(26(27,28)29)17-33-23(35)14-22(32-15-20-8-9-21(16-32)37-20)30-24(33)34(25)11-10-18-4-6-19(7-5-18)36-13-12-31(2)3/h4-7,14,20-21H,8-13,15-17H2,1-3H3. The number of hydrogen-bond donors (Lipinski definition) is 0. The minimum absolute atomic E-state index is 0.0705. The van der Waals surface area contributed by atoms with Gasteiger partial charge in [0, 0.05) is 32.2 Å². The summed E-state index contributed by atoms with van der Waals surface area (Å²) in [6, 6.07) is 8.77. The van der Waals surface area contributed by atoms with E-state index in [1.54, 1.807) is 0 Å². The second kappa shape index (κ2) is 9.83. The molecule has 1 aromatic carbocycles. The van der Waals surface area contributed by atoms with Crippen molar-refractivity contribution in [2.75, 3.05) is 56.7 Å². The largest absolute Gasteiger partial charge is 0.492 e. The van der Waals surface area contributed by atoms with E-state index in [2.05, 4.69) is 4.98 Å². The van der Waals surface area contributed by atoms with Crippen molar-refractivity contribution in [1.29, 1.82) is 0 Å². The number of ether oxygens (including phenoxy) is 2. The van der Waals surface area contributed by atoms with Crippen LogP contribution in [0.3, 0.4) is 0 Å². The molecule has 0 aliphatic carbocycles. The molecule has 11 heteroatoms. The zero-order chi connectivity index (χ0) is 26.4. The Bertz CT molecular complexity index is 1160. The molecule has 2 bridgehead atoms. The Morgan fingerprint density at radius 2 is 1.84 bits per heavy atom. The number of alkyl halides is 3. The van der Waals surface area contributed by atoms with Crippen molar-refractivity contribution in [3.63, 3.8) is 0 Å². The van der Waals surface area contributed by atoms with Crippen LogP contribution < -0.4 is 20.1 Å². The fourth-order valence-electron chi connectivity index (χ4n) is 5.34. The van der Waals surface area contributed by atoms with Gasteiger partial charge in [0.15, 0.2) is 5.54 Å². The molecule has 1 aromatic heterocycles. The summed E-state index contributed by atoms with van der Waals surface area (Å²) in [6.45, 7) is 3.25. The van der Waals surface area contributed by atoms with Crippen molar-refractivity contribution in [1.82, 2.24) is 14.5 Å². The molecule has 2 fully saturated rings. The van der Waals surface area contributed by atoms with Crippen LogP contribution in [0.5, 0.6) is 5.75 Å². The lowest BCUT2D eigenvalue weighted by Gasteiger charge is -2.37. The molecule has 0 spiro atoms. The summed E-state index contributed by atoms with van der Waals surface area (Å²) in [4.78, 5) is 22.9. The number of hydrogen-bond acceptors (Lipinski definition) is 7. The van der Waals surface area contributed by atoms with Crippen molar-refractivity contribution in [3.05, 3.63) is 46.2 Å². The molecule has 3 aliphatic rings. The highest BCUT2D eigenvalue weighted by Crippen LogP contribution is 2.43. The number of morpholine rings is 1. The van der Waals surface area contributed by atoms with Gasteiger partial charge < -0.3 is 24.2 Å². The van der Waals surface area contributed by atoms with Gasteiger partial charge in [-0.2, -0.15) is 18.2 Å². The minimum Gasteiger partial charge on any atom is -0.492 e. The van der Waals surface area contributed by atoms with E-state index in [1.807, 2.05) is 48.2 Å². The fourth-order valence-corrected chi connectivity index (χ4v) is 5.34. The van der Waals surface area contributed by atoms with Gasteiger partial charge in [-0.3, -0.25) is 9.36 Å². The number of benzene rings is 1. The van der Waals surface area contributed by atoms with Crippen LogP contribution in [0.2, 0.25) is 0 Å². The van der Waals surface area contributed by atoms with Gasteiger partial charge in [0.1, 0.15) is 18.2 Å². The van der Waals surface area contributed by atoms with Gasteiger partial charge in [-0.25, -0.2) is 0 Å². The maximum Gasteiger partial charge on any atom is 0.413 e. The Balaban J connectivity index is 1.37. The summed E-state index contributed by atoms with van der Waals surface area (Å²) < 4.78 is 55.9. The molecule has 0 amide bonds. The first-order valence-corrected chi connectivity index (χ1v) is 12.8. The highest BCUT2D eigenvalue weighted by molar-refractivity contribution is 5.50. The van der Waals surface area contributed by atoms with Gasteiger partial charge in [-0.1, -0.05) is 12.1 Å². The van der Waals surface area contributed by atoms with Crippen LogP contribution in [0.25, 0.3) is 0 Å². The van der Waals surface area contributed by atoms with E-state index in [9.17, 15) is 18.0 Å². The molecular weight excluding hydrogens is 487 g/mol. The second-order valence-electron chi connectivity index (χ2n) is 10.7. The predicted molar refractivity (Wildman–Crippen MR) is 135 cm³/mol. The lowest BCUT2D eigenvalue weighted by molar-refractivity contribution is -0.182. The predicted octanol–water partition coefficient (Wildman–Crippen LogP) is 2.94. The van der Waals surface area contributed by atoms with E-state index in [-0.39, 0.29) is 24.7 Å². The Kier molecular flexibility index (Phi) is 6.86. The fraction of sp³-hybridized carbons (Fsp3) is 0.615. The summed E-state index contributed by atoms with van der Waals surface area (Å²) in [7, 11) is 3.93. The molecule has 3 unspecified atom stereocenters. The number of fused-ring (bicyclic) bond motifs is 3. The van der Waals surface area contributed by atoms with Crippen molar-refractivity contribution in [3.8, 4) is 5.75 Å². The van der Waals surface area contributed by atoms with Crippen LogP contribution in [0.4, 0.5) is 24.9 Å². The third kappa shape index (κ3) is 5.16. The minimum atomic E-state index is -4.55. The monoisotopic (exact) mass is 521 g/mol. The summed E-state index contributed by atoms with van der Waals surface area (Å²) in [5.41, 5.74) is -1.81. The quantitative estimate of drug-likeness (QED) is 0.530. The Morgan fingerprint density at radius 3 is 2.46 bits per heavy atom. The van der Waals surface area contributed by atoms with Crippen molar-refractivity contribution in [2.24, 2.45) is 0 Å². The van der Waals surface area contributed by atoms with E-state index in [1.165, 1.54) is 11.0 Å². The normalized spacial score (nSPS) is 25.2. The van der Waals surface area contributed by atoms with Crippen LogP contribution >= 0.6 is 0 Å². The third-order valence-electron chi connectivity index (χ3n) is 7.61. The number of likely N-dealkylation sites (N-methyl/N-ethyl adjacent to an activating group) is 1.